The zero-order chi connectivity index (χ0) is 22.4. The highest BCUT2D eigenvalue weighted by molar-refractivity contribution is 6.23. The lowest BCUT2D eigenvalue weighted by Crippen LogP contribution is -2.37. The van der Waals surface area contributed by atoms with Gasteiger partial charge in [-0.1, -0.05) is 48.5 Å². The second kappa shape index (κ2) is 7.80. The topological polar surface area (TPSA) is 53.1 Å². The number of para-hydroxylation sites is 2. The van der Waals surface area contributed by atoms with Crippen molar-refractivity contribution in [3.63, 3.8) is 0 Å². The molecule has 162 valence electrons. The Labute approximate surface area is 187 Å². The molecule has 0 aromatic heterocycles. The van der Waals surface area contributed by atoms with E-state index in [0.29, 0.717) is 5.69 Å². The van der Waals surface area contributed by atoms with Gasteiger partial charge in [-0.3, -0.25) is 14.4 Å². The first-order valence-electron chi connectivity index (χ1n) is 10.7. The number of hydroxylamine groups is 1. The summed E-state index contributed by atoms with van der Waals surface area (Å²) >= 11 is 0. The smallest absolute Gasteiger partial charge is 0.266 e. The summed E-state index contributed by atoms with van der Waals surface area (Å²) in [6.07, 6.45) is -0.860. The molecule has 0 radical (unpaired) electrons. The van der Waals surface area contributed by atoms with E-state index < -0.39 is 18.1 Å². The third-order valence-electron chi connectivity index (χ3n) is 6.23. The summed E-state index contributed by atoms with van der Waals surface area (Å²) in [5, 5.41) is 1.76. The summed E-state index contributed by atoms with van der Waals surface area (Å²) in [6, 6.07) is 24.6. The van der Waals surface area contributed by atoms with Crippen molar-refractivity contribution in [1.29, 1.82) is 0 Å². The Bertz CT molecular complexity index is 1160. The van der Waals surface area contributed by atoms with Crippen LogP contribution in [-0.4, -0.2) is 32.0 Å². The lowest BCUT2D eigenvalue weighted by molar-refractivity contribution is -0.126. The third kappa shape index (κ3) is 3.15. The molecule has 0 N–H and O–H groups in total. The molecular weight excluding hydrogens is 402 g/mol. The van der Waals surface area contributed by atoms with Crippen molar-refractivity contribution >= 4 is 28.9 Å². The SMILES string of the molecule is Cc1ccccc1N1O[C@@H]2C(=O)N(c3ccccc3)C(=O)[C@@H]2[C@@H]1c1ccc(N(C)C)cc1. The maximum atomic E-state index is 13.6. The monoisotopic (exact) mass is 427 g/mol. The minimum Gasteiger partial charge on any atom is -0.378 e. The zero-order valence-corrected chi connectivity index (χ0v) is 18.3. The van der Waals surface area contributed by atoms with Gasteiger partial charge in [0, 0.05) is 19.8 Å². The quantitative estimate of drug-likeness (QED) is 0.587. The number of amides is 2. The second-order valence-electron chi connectivity index (χ2n) is 8.44. The Hall–Kier alpha value is -3.64. The molecule has 2 aliphatic rings. The molecule has 32 heavy (non-hydrogen) atoms. The molecule has 0 spiro atoms. The second-order valence-corrected chi connectivity index (χ2v) is 8.44. The number of nitrogens with zero attached hydrogens (tertiary/aromatic N) is 3. The maximum Gasteiger partial charge on any atom is 0.266 e. The van der Waals surface area contributed by atoms with Gasteiger partial charge in [-0.25, -0.2) is 9.96 Å². The molecule has 2 amide bonds. The number of benzene rings is 3. The molecular formula is C26H25N3O3. The van der Waals surface area contributed by atoms with Crippen LogP contribution in [0, 0.1) is 12.8 Å². The Morgan fingerprint density at radius 1 is 0.812 bits per heavy atom. The van der Waals surface area contributed by atoms with E-state index >= 15 is 0 Å². The van der Waals surface area contributed by atoms with Crippen molar-refractivity contribution in [2.24, 2.45) is 5.92 Å². The van der Waals surface area contributed by atoms with E-state index in [1.165, 1.54) is 4.90 Å². The molecule has 2 saturated heterocycles. The van der Waals surface area contributed by atoms with Gasteiger partial charge in [0.2, 0.25) is 5.91 Å². The lowest BCUT2D eigenvalue weighted by Gasteiger charge is -2.30. The Kier molecular flexibility index (Phi) is 4.94. The van der Waals surface area contributed by atoms with Crippen molar-refractivity contribution < 1.29 is 14.4 Å². The lowest BCUT2D eigenvalue weighted by atomic mass is 9.90. The molecule has 2 aliphatic heterocycles. The van der Waals surface area contributed by atoms with Gasteiger partial charge >= 0.3 is 0 Å². The van der Waals surface area contributed by atoms with Gasteiger partial charge < -0.3 is 4.90 Å². The van der Waals surface area contributed by atoms with Gasteiger partial charge in [0.15, 0.2) is 6.10 Å². The van der Waals surface area contributed by atoms with Crippen LogP contribution in [0.25, 0.3) is 0 Å². The van der Waals surface area contributed by atoms with Gasteiger partial charge in [-0.15, -0.1) is 0 Å². The number of aryl methyl sites for hydroxylation is 1. The molecule has 2 fully saturated rings. The van der Waals surface area contributed by atoms with E-state index in [1.54, 1.807) is 17.2 Å². The summed E-state index contributed by atoms with van der Waals surface area (Å²) < 4.78 is 0. The van der Waals surface area contributed by atoms with Crippen LogP contribution < -0.4 is 14.9 Å². The molecule has 2 heterocycles. The van der Waals surface area contributed by atoms with Gasteiger partial charge in [0.25, 0.3) is 5.91 Å². The molecule has 0 bridgehead atoms. The van der Waals surface area contributed by atoms with E-state index in [4.69, 9.17) is 4.84 Å². The van der Waals surface area contributed by atoms with Gasteiger partial charge in [-0.05, 0) is 48.4 Å². The molecule has 0 aliphatic carbocycles. The molecule has 3 atom stereocenters. The van der Waals surface area contributed by atoms with Crippen LogP contribution in [0.4, 0.5) is 17.1 Å². The van der Waals surface area contributed by atoms with Crippen molar-refractivity contribution in [2.45, 2.75) is 19.1 Å². The van der Waals surface area contributed by atoms with Crippen LogP contribution in [0.5, 0.6) is 0 Å². The Morgan fingerprint density at radius 3 is 2.12 bits per heavy atom. The van der Waals surface area contributed by atoms with Crippen molar-refractivity contribution in [3.8, 4) is 0 Å². The normalized spacial score (nSPS) is 22.4. The van der Waals surface area contributed by atoms with E-state index in [2.05, 4.69) is 0 Å². The summed E-state index contributed by atoms with van der Waals surface area (Å²) in [5.41, 5.74) is 4.44. The standard InChI is InChI=1S/C26H25N3O3/c1-17-9-7-8-12-21(17)29-23(18-13-15-19(16-14-18)27(2)3)22-24(32-29)26(31)28(25(22)30)20-10-5-4-6-11-20/h4-16,22-24H,1-3H3/t22-,23+,24+/m1/s1. The minimum atomic E-state index is -0.860. The number of hydrogen-bond donors (Lipinski definition) is 0. The van der Waals surface area contributed by atoms with Crippen LogP contribution >= 0.6 is 0 Å². The van der Waals surface area contributed by atoms with Gasteiger partial charge in [0.05, 0.1) is 17.4 Å². The van der Waals surface area contributed by atoms with E-state index in [-0.39, 0.29) is 11.8 Å². The Balaban J connectivity index is 1.59. The van der Waals surface area contributed by atoms with Gasteiger partial charge in [0.1, 0.15) is 5.92 Å². The highest BCUT2D eigenvalue weighted by Crippen LogP contribution is 2.48. The van der Waals surface area contributed by atoms with Crippen LogP contribution in [0.15, 0.2) is 78.9 Å². The number of carbonyl (C=O) groups excluding carboxylic acids is 2. The first kappa shape index (κ1) is 20.3. The van der Waals surface area contributed by atoms with Gasteiger partial charge in [-0.2, -0.15) is 0 Å². The van der Waals surface area contributed by atoms with Crippen molar-refractivity contribution in [2.75, 3.05) is 29.0 Å². The molecule has 0 saturated carbocycles. The van der Waals surface area contributed by atoms with Crippen molar-refractivity contribution in [3.05, 3.63) is 90.0 Å². The summed E-state index contributed by atoms with van der Waals surface area (Å²) in [6.45, 7) is 2.00. The molecule has 5 rings (SSSR count). The maximum absolute atomic E-state index is 13.6. The summed E-state index contributed by atoms with van der Waals surface area (Å²) in [5.74, 6) is -1.19. The molecule has 3 aromatic carbocycles. The van der Waals surface area contributed by atoms with E-state index in [9.17, 15) is 9.59 Å². The average molecular weight is 428 g/mol. The fourth-order valence-corrected chi connectivity index (χ4v) is 4.57. The largest absolute Gasteiger partial charge is 0.378 e. The van der Waals surface area contributed by atoms with Crippen LogP contribution in [0.3, 0.4) is 0 Å². The number of carbonyl (C=O) groups is 2. The van der Waals surface area contributed by atoms with E-state index in [0.717, 1.165) is 22.5 Å². The number of anilines is 3. The van der Waals surface area contributed by atoms with Crippen LogP contribution in [0.1, 0.15) is 17.2 Å². The number of fused-ring (bicyclic) bond motifs is 1. The first-order chi connectivity index (χ1) is 15.5. The highest BCUT2D eigenvalue weighted by atomic mass is 16.7. The number of hydrogen-bond acceptors (Lipinski definition) is 5. The van der Waals surface area contributed by atoms with E-state index in [1.807, 2.05) is 92.6 Å². The predicted molar refractivity (Wildman–Crippen MR) is 124 cm³/mol. The van der Waals surface area contributed by atoms with Crippen LogP contribution in [0.2, 0.25) is 0 Å². The average Bonchev–Trinajstić information content (AvgIpc) is 3.30. The fraction of sp³-hybridized carbons (Fsp3) is 0.231. The molecule has 6 heteroatoms. The highest BCUT2D eigenvalue weighted by Gasteiger charge is 2.60. The molecule has 6 nitrogen and oxygen atoms in total. The van der Waals surface area contributed by atoms with Crippen molar-refractivity contribution in [1.82, 2.24) is 0 Å². The predicted octanol–water partition coefficient (Wildman–Crippen LogP) is 4.11. The minimum absolute atomic E-state index is 0.232. The zero-order valence-electron chi connectivity index (χ0n) is 18.3. The number of rotatable bonds is 4. The van der Waals surface area contributed by atoms with Crippen LogP contribution in [-0.2, 0) is 14.4 Å². The third-order valence-corrected chi connectivity index (χ3v) is 6.23. The first-order valence-corrected chi connectivity index (χ1v) is 10.7. The molecule has 0 unspecified atom stereocenters. The summed E-state index contributed by atoms with van der Waals surface area (Å²) in [7, 11) is 3.97. The fourth-order valence-electron chi connectivity index (χ4n) is 4.57. The number of imide groups is 1. The molecule has 3 aromatic rings. The Morgan fingerprint density at radius 2 is 1.47 bits per heavy atom. The summed E-state index contributed by atoms with van der Waals surface area (Å²) in [4.78, 5) is 36.5.